The monoisotopic (exact) mass is 285 g/mol. The van der Waals surface area contributed by atoms with E-state index in [0.29, 0.717) is 10.9 Å². The number of nitrogen functional groups attached to an aromatic ring is 1. The standard InChI is InChI=1S/C16H16ClN3/c1-10(11-5-7-12(18)8-6-11)9-15-19-14-4-2-3-13(17)16(14)20-15/h2-8,10H,9,18H2,1H3,(H,19,20). The van der Waals surface area contributed by atoms with Gasteiger partial charge in [-0.1, -0.05) is 36.7 Å². The molecule has 0 aliphatic rings. The number of nitrogens with zero attached hydrogens (tertiary/aromatic N) is 1. The molecule has 0 bridgehead atoms. The molecule has 3 rings (SSSR count). The molecule has 3 N–H and O–H groups in total. The number of halogens is 1. The van der Waals surface area contributed by atoms with E-state index in [1.807, 2.05) is 30.3 Å². The van der Waals surface area contributed by atoms with Crippen LogP contribution in [0.25, 0.3) is 11.0 Å². The topological polar surface area (TPSA) is 54.7 Å². The van der Waals surface area contributed by atoms with Gasteiger partial charge >= 0.3 is 0 Å². The van der Waals surface area contributed by atoms with Crippen molar-refractivity contribution in [2.45, 2.75) is 19.3 Å². The third kappa shape index (κ3) is 2.49. The Morgan fingerprint density at radius 2 is 1.95 bits per heavy atom. The van der Waals surface area contributed by atoms with Gasteiger partial charge in [0.25, 0.3) is 0 Å². The van der Waals surface area contributed by atoms with Crippen LogP contribution in [0, 0.1) is 0 Å². The number of anilines is 1. The summed E-state index contributed by atoms with van der Waals surface area (Å²) in [6.45, 7) is 2.18. The zero-order valence-corrected chi connectivity index (χ0v) is 12.0. The highest BCUT2D eigenvalue weighted by Crippen LogP contribution is 2.24. The molecule has 0 saturated heterocycles. The maximum absolute atomic E-state index is 6.14. The number of aromatic nitrogens is 2. The number of para-hydroxylation sites is 1. The molecule has 1 heterocycles. The van der Waals surface area contributed by atoms with E-state index in [1.165, 1.54) is 5.56 Å². The number of hydrogen-bond acceptors (Lipinski definition) is 2. The number of hydrogen-bond donors (Lipinski definition) is 2. The minimum absolute atomic E-state index is 0.370. The van der Waals surface area contributed by atoms with E-state index in [2.05, 4.69) is 29.0 Å². The average Bonchev–Trinajstić information content (AvgIpc) is 2.83. The first-order valence-electron chi connectivity index (χ1n) is 6.62. The van der Waals surface area contributed by atoms with Gasteiger partial charge in [-0.3, -0.25) is 0 Å². The van der Waals surface area contributed by atoms with E-state index in [0.717, 1.165) is 29.0 Å². The SMILES string of the molecule is CC(Cc1nc2c(Cl)cccc2[nH]1)c1ccc(N)cc1. The molecule has 0 saturated carbocycles. The van der Waals surface area contributed by atoms with Crippen molar-refractivity contribution in [1.29, 1.82) is 0 Å². The van der Waals surface area contributed by atoms with Gasteiger partial charge in [-0.25, -0.2) is 4.98 Å². The van der Waals surface area contributed by atoms with Crippen molar-refractivity contribution in [3.63, 3.8) is 0 Å². The lowest BCUT2D eigenvalue weighted by molar-refractivity contribution is 0.729. The normalized spacial score (nSPS) is 12.7. The first-order valence-corrected chi connectivity index (χ1v) is 7.00. The van der Waals surface area contributed by atoms with E-state index in [1.54, 1.807) is 0 Å². The Labute approximate surface area is 122 Å². The van der Waals surface area contributed by atoms with Crippen LogP contribution in [0.3, 0.4) is 0 Å². The molecular weight excluding hydrogens is 270 g/mol. The number of benzene rings is 2. The Balaban J connectivity index is 1.85. The largest absolute Gasteiger partial charge is 0.399 e. The van der Waals surface area contributed by atoms with Gasteiger partial charge in [0.1, 0.15) is 11.3 Å². The van der Waals surface area contributed by atoms with Crippen LogP contribution in [0.4, 0.5) is 5.69 Å². The predicted molar refractivity (Wildman–Crippen MR) is 84.1 cm³/mol. The van der Waals surface area contributed by atoms with Crippen LogP contribution in [-0.2, 0) is 6.42 Å². The van der Waals surface area contributed by atoms with Gasteiger partial charge in [0, 0.05) is 12.1 Å². The molecule has 1 unspecified atom stereocenters. The molecule has 0 amide bonds. The summed E-state index contributed by atoms with van der Waals surface area (Å²) in [6, 6.07) is 13.8. The van der Waals surface area contributed by atoms with E-state index >= 15 is 0 Å². The number of H-pyrrole nitrogens is 1. The lowest BCUT2D eigenvalue weighted by Gasteiger charge is -2.10. The smallest absolute Gasteiger partial charge is 0.107 e. The minimum Gasteiger partial charge on any atom is -0.399 e. The van der Waals surface area contributed by atoms with Crippen molar-refractivity contribution >= 4 is 28.3 Å². The van der Waals surface area contributed by atoms with Crippen LogP contribution >= 0.6 is 11.6 Å². The molecular formula is C16H16ClN3. The second-order valence-electron chi connectivity index (χ2n) is 5.09. The lowest BCUT2D eigenvalue weighted by Crippen LogP contribution is -2.00. The van der Waals surface area contributed by atoms with Gasteiger partial charge in [-0.2, -0.15) is 0 Å². The average molecular weight is 286 g/mol. The maximum Gasteiger partial charge on any atom is 0.107 e. The van der Waals surface area contributed by atoms with Crippen molar-refractivity contribution < 1.29 is 0 Å². The summed E-state index contributed by atoms with van der Waals surface area (Å²) >= 11 is 6.14. The van der Waals surface area contributed by atoms with Gasteiger partial charge in [0.2, 0.25) is 0 Å². The van der Waals surface area contributed by atoms with Gasteiger partial charge in [0.05, 0.1) is 10.5 Å². The Morgan fingerprint density at radius 1 is 1.20 bits per heavy atom. The van der Waals surface area contributed by atoms with Crippen LogP contribution in [0.5, 0.6) is 0 Å². The minimum atomic E-state index is 0.370. The zero-order valence-electron chi connectivity index (χ0n) is 11.2. The molecule has 0 spiro atoms. The molecule has 102 valence electrons. The molecule has 3 aromatic rings. The zero-order chi connectivity index (χ0) is 14.1. The van der Waals surface area contributed by atoms with E-state index in [9.17, 15) is 0 Å². The first kappa shape index (κ1) is 13.0. The van der Waals surface area contributed by atoms with Crippen LogP contribution in [0.1, 0.15) is 24.2 Å². The number of rotatable bonds is 3. The van der Waals surface area contributed by atoms with Crippen LogP contribution < -0.4 is 5.73 Å². The van der Waals surface area contributed by atoms with Crippen LogP contribution in [0.2, 0.25) is 5.02 Å². The lowest BCUT2D eigenvalue weighted by atomic mass is 9.97. The summed E-state index contributed by atoms with van der Waals surface area (Å²) < 4.78 is 0. The van der Waals surface area contributed by atoms with Gasteiger partial charge < -0.3 is 10.7 Å². The summed E-state index contributed by atoms with van der Waals surface area (Å²) in [5.74, 6) is 1.33. The van der Waals surface area contributed by atoms with Crippen molar-refractivity contribution in [2.75, 3.05) is 5.73 Å². The van der Waals surface area contributed by atoms with Crippen molar-refractivity contribution in [2.24, 2.45) is 0 Å². The Morgan fingerprint density at radius 3 is 2.65 bits per heavy atom. The Hall–Kier alpha value is -2.00. The molecule has 4 heteroatoms. The summed E-state index contributed by atoms with van der Waals surface area (Å²) in [5, 5.41) is 0.685. The van der Waals surface area contributed by atoms with Crippen molar-refractivity contribution in [1.82, 2.24) is 9.97 Å². The number of fused-ring (bicyclic) bond motifs is 1. The Bertz CT molecular complexity index is 731. The van der Waals surface area contributed by atoms with Crippen LogP contribution in [0.15, 0.2) is 42.5 Å². The van der Waals surface area contributed by atoms with E-state index in [-0.39, 0.29) is 0 Å². The highest BCUT2D eigenvalue weighted by molar-refractivity contribution is 6.34. The van der Waals surface area contributed by atoms with Crippen LogP contribution in [-0.4, -0.2) is 9.97 Å². The molecule has 3 nitrogen and oxygen atoms in total. The van der Waals surface area contributed by atoms with Crippen molar-refractivity contribution in [3.8, 4) is 0 Å². The van der Waals surface area contributed by atoms with E-state index < -0.39 is 0 Å². The quantitative estimate of drug-likeness (QED) is 0.711. The predicted octanol–water partition coefficient (Wildman–Crippen LogP) is 4.14. The summed E-state index contributed by atoms with van der Waals surface area (Å²) in [5.41, 5.74) is 9.58. The summed E-state index contributed by atoms with van der Waals surface area (Å²) in [7, 11) is 0. The number of imidazole rings is 1. The second kappa shape index (κ2) is 5.17. The molecule has 0 radical (unpaired) electrons. The number of nitrogens with two attached hydrogens (primary N) is 1. The second-order valence-corrected chi connectivity index (χ2v) is 5.50. The fraction of sp³-hybridized carbons (Fsp3) is 0.188. The summed E-state index contributed by atoms with van der Waals surface area (Å²) in [4.78, 5) is 7.91. The fourth-order valence-electron chi connectivity index (χ4n) is 2.38. The molecule has 0 aliphatic heterocycles. The highest BCUT2D eigenvalue weighted by Gasteiger charge is 2.11. The number of nitrogens with one attached hydrogen (secondary N) is 1. The fourth-order valence-corrected chi connectivity index (χ4v) is 2.59. The third-order valence-corrected chi connectivity index (χ3v) is 3.82. The summed E-state index contributed by atoms with van der Waals surface area (Å²) in [6.07, 6.45) is 0.842. The molecule has 20 heavy (non-hydrogen) atoms. The molecule has 1 aromatic heterocycles. The van der Waals surface area contributed by atoms with Gasteiger partial charge in [0.15, 0.2) is 0 Å². The van der Waals surface area contributed by atoms with Gasteiger partial charge in [-0.05, 0) is 35.7 Å². The third-order valence-electron chi connectivity index (χ3n) is 3.52. The molecule has 0 fully saturated rings. The molecule has 1 atom stereocenters. The van der Waals surface area contributed by atoms with E-state index in [4.69, 9.17) is 17.3 Å². The number of aromatic amines is 1. The first-order chi connectivity index (χ1) is 9.63. The molecule has 2 aromatic carbocycles. The van der Waals surface area contributed by atoms with Gasteiger partial charge in [-0.15, -0.1) is 0 Å². The Kier molecular flexibility index (Phi) is 3.36. The maximum atomic E-state index is 6.14. The molecule has 0 aliphatic carbocycles. The van der Waals surface area contributed by atoms with Crippen molar-refractivity contribution in [3.05, 3.63) is 58.9 Å². The highest BCUT2D eigenvalue weighted by atomic mass is 35.5.